The van der Waals surface area contributed by atoms with E-state index >= 15 is 0 Å². The van der Waals surface area contributed by atoms with Gasteiger partial charge in [0.05, 0.1) is 12.7 Å². The second-order valence-electron chi connectivity index (χ2n) is 2.15. The lowest BCUT2D eigenvalue weighted by Gasteiger charge is -2.11. The van der Waals surface area contributed by atoms with Crippen LogP contribution in [-0.2, 0) is 4.74 Å². The molecule has 4 nitrogen and oxygen atoms in total. The van der Waals surface area contributed by atoms with Gasteiger partial charge in [-0.3, -0.25) is 0 Å². The van der Waals surface area contributed by atoms with Crippen molar-refractivity contribution in [3.05, 3.63) is 0 Å². The predicted octanol–water partition coefficient (Wildman–Crippen LogP) is -0.915. The van der Waals surface area contributed by atoms with Gasteiger partial charge in [-0.05, 0) is 6.92 Å². The normalized spacial score (nSPS) is 16.8. The van der Waals surface area contributed by atoms with Crippen molar-refractivity contribution in [1.82, 2.24) is 0 Å². The lowest BCUT2D eigenvalue weighted by atomic mass is 10.4. The minimum Gasteiger partial charge on any atom is -0.396 e. The molecule has 0 aromatic heterocycles. The number of aliphatic hydroxyl groups excluding tert-OH is 3. The molecule has 0 fully saturated rings. The fraction of sp³-hybridized carbons (Fsp3) is 1.00. The Kier molecular flexibility index (Phi) is 5.52. The lowest BCUT2D eigenvalue weighted by molar-refractivity contribution is -0.126. The largest absolute Gasteiger partial charge is 0.396 e. The molecule has 0 aromatic carbocycles. The highest BCUT2D eigenvalue weighted by Crippen LogP contribution is 1.93. The quantitative estimate of drug-likeness (QED) is 0.443. The maximum absolute atomic E-state index is 8.80. The first-order valence-electron chi connectivity index (χ1n) is 3.25. The Morgan fingerprint density at radius 3 is 2.40 bits per heavy atom. The highest BCUT2D eigenvalue weighted by Gasteiger charge is 2.03. The molecule has 0 aliphatic rings. The zero-order chi connectivity index (χ0) is 7.98. The van der Waals surface area contributed by atoms with E-state index in [2.05, 4.69) is 4.74 Å². The molecule has 0 aromatic rings. The van der Waals surface area contributed by atoms with Gasteiger partial charge in [-0.2, -0.15) is 0 Å². The fourth-order valence-corrected chi connectivity index (χ4v) is 0.444. The van der Waals surface area contributed by atoms with Gasteiger partial charge in [-0.25, -0.2) is 0 Å². The third kappa shape index (κ3) is 5.97. The molecule has 0 aliphatic heterocycles. The van der Waals surface area contributed by atoms with E-state index in [1.54, 1.807) is 6.92 Å². The zero-order valence-electron chi connectivity index (χ0n) is 6.03. The molecule has 0 saturated heterocycles. The smallest absolute Gasteiger partial charge is 0.156 e. The van der Waals surface area contributed by atoms with Crippen LogP contribution in [0.3, 0.4) is 0 Å². The SMILES string of the molecule is CC(O)COC(O)CCO. The summed E-state index contributed by atoms with van der Waals surface area (Å²) in [4.78, 5) is 0. The Morgan fingerprint density at radius 1 is 1.40 bits per heavy atom. The van der Waals surface area contributed by atoms with Crippen LogP contribution >= 0.6 is 0 Å². The van der Waals surface area contributed by atoms with Crippen LogP contribution in [0.1, 0.15) is 13.3 Å². The molecule has 0 heterocycles. The highest BCUT2D eigenvalue weighted by atomic mass is 16.6. The average Bonchev–Trinajstić information content (AvgIpc) is 1.85. The van der Waals surface area contributed by atoms with Crippen LogP contribution in [0, 0.1) is 0 Å². The van der Waals surface area contributed by atoms with Crippen molar-refractivity contribution in [2.24, 2.45) is 0 Å². The first-order chi connectivity index (χ1) is 4.66. The highest BCUT2D eigenvalue weighted by molar-refractivity contribution is 4.44. The number of hydrogen-bond acceptors (Lipinski definition) is 4. The standard InChI is InChI=1S/C6H14O4/c1-5(8)4-10-6(9)2-3-7/h5-9H,2-4H2,1H3. The van der Waals surface area contributed by atoms with Gasteiger partial charge in [0.1, 0.15) is 0 Å². The van der Waals surface area contributed by atoms with E-state index in [0.29, 0.717) is 0 Å². The van der Waals surface area contributed by atoms with Crippen LogP contribution in [0.15, 0.2) is 0 Å². The Labute approximate surface area is 60.1 Å². The van der Waals surface area contributed by atoms with Crippen molar-refractivity contribution in [3.8, 4) is 0 Å². The molecule has 10 heavy (non-hydrogen) atoms. The molecule has 0 radical (unpaired) electrons. The molecular weight excluding hydrogens is 136 g/mol. The van der Waals surface area contributed by atoms with Crippen LogP contribution in [-0.4, -0.2) is 40.9 Å². The summed E-state index contributed by atoms with van der Waals surface area (Å²) in [5.74, 6) is 0. The summed E-state index contributed by atoms with van der Waals surface area (Å²) in [6, 6.07) is 0. The Hall–Kier alpha value is -0.160. The van der Waals surface area contributed by atoms with Gasteiger partial charge in [-0.1, -0.05) is 0 Å². The summed E-state index contributed by atoms with van der Waals surface area (Å²) in [5.41, 5.74) is 0. The molecule has 4 heteroatoms. The zero-order valence-corrected chi connectivity index (χ0v) is 6.03. The molecule has 0 spiro atoms. The molecule has 0 amide bonds. The van der Waals surface area contributed by atoms with Gasteiger partial charge >= 0.3 is 0 Å². The summed E-state index contributed by atoms with van der Waals surface area (Å²) >= 11 is 0. The van der Waals surface area contributed by atoms with Crippen LogP contribution in [0.4, 0.5) is 0 Å². The van der Waals surface area contributed by atoms with Crippen LogP contribution in [0.5, 0.6) is 0 Å². The topological polar surface area (TPSA) is 69.9 Å². The van der Waals surface area contributed by atoms with Crippen LogP contribution in [0.25, 0.3) is 0 Å². The molecule has 2 atom stereocenters. The van der Waals surface area contributed by atoms with Crippen molar-refractivity contribution in [1.29, 1.82) is 0 Å². The van der Waals surface area contributed by atoms with Crippen LogP contribution in [0.2, 0.25) is 0 Å². The van der Waals surface area contributed by atoms with Gasteiger partial charge in [0.2, 0.25) is 0 Å². The minimum atomic E-state index is -0.959. The van der Waals surface area contributed by atoms with Crippen molar-refractivity contribution in [2.45, 2.75) is 25.7 Å². The minimum absolute atomic E-state index is 0.0984. The van der Waals surface area contributed by atoms with E-state index in [9.17, 15) is 0 Å². The molecule has 62 valence electrons. The van der Waals surface area contributed by atoms with Gasteiger partial charge < -0.3 is 20.1 Å². The van der Waals surface area contributed by atoms with Gasteiger partial charge in [0.15, 0.2) is 6.29 Å². The molecule has 3 N–H and O–H groups in total. The average molecular weight is 150 g/mol. The second-order valence-corrected chi connectivity index (χ2v) is 2.15. The van der Waals surface area contributed by atoms with E-state index in [-0.39, 0.29) is 19.6 Å². The maximum Gasteiger partial charge on any atom is 0.156 e. The molecule has 2 unspecified atom stereocenters. The van der Waals surface area contributed by atoms with Crippen molar-refractivity contribution < 1.29 is 20.1 Å². The fourth-order valence-electron chi connectivity index (χ4n) is 0.444. The van der Waals surface area contributed by atoms with Crippen molar-refractivity contribution >= 4 is 0 Å². The first-order valence-corrected chi connectivity index (χ1v) is 3.25. The molecule has 0 saturated carbocycles. The second kappa shape index (κ2) is 5.61. The van der Waals surface area contributed by atoms with Crippen molar-refractivity contribution in [3.63, 3.8) is 0 Å². The molecule has 0 bridgehead atoms. The summed E-state index contributed by atoms with van der Waals surface area (Å²) in [7, 11) is 0. The third-order valence-corrected chi connectivity index (χ3v) is 0.906. The monoisotopic (exact) mass is 150 g/mol. The van der Waals surface area contributed by atoms with Gasteiger partial charge in [0.25, 0.3) is 0 Å². The summed E-state index contributed by atoms with van der Waals surface area (Å²) in [6.07, 6.45) is -1.35. The Bertz CT molecular complexity index is 74.1. The molecule has 0 aliphatic carbocycles. The van der Waals surface area contributed by atoms with E-state index < -0.39 is 12.4 Å². The predicted molar refractivity (Wildman–Crippen MR) is 35.3 cm³/mol. The van der Waals surface area contributed by atoms with Crippen LogP contribution < -0.4 is 0 Å². The van der Waals surface area contributed by atoms with E-state index in [4.69, 9.17) is 15.3 Å². The number of rotatable bonds is 5. The summed E-state index contributed by atoms with van der Waals surface area (Å²) in [6.45, 7) is 1.55. The number of ether oxygens (including phenoxy) is 1. The number of hydrogen-bond donors (Lipinski definition) is 3. The summed E-state index contributed by atoms with van der Waals surface area (Å²) in [5, 5.41) is 25.8. The van der Waals surface area contributed by atoms with E-state index in [1.807, 2.05) is 0 Å². The van der Waals surface area contributed by atoms with E-state index in [0.717, 1.165) is 0 Å². The Balaban J connectivity index is 3.12. The van der Waals surface area contributed by atoms with Gasteiger partial charge in [0, 0.05) is 13.0 Å². The van der Waals surface area contributed by atoms with Crippen molar-refractivity contribution in [2.75, 3.05) is 13.2 Å². The number of aliphatic hydroxyl groups is 3. The third-order valence-electron chi connectivity index (χ3n) is 0.906. The first kappa shape index (κ1) is 9.84. The maximum atomic E-state index is 8.80. The molecule has 0 rings (SSSR count). The van der Waals surface area contributed by atoms with E-state index in [1.165, 1.54) is 0 Å². The molecular formula is C6H14O4. The lowest BCUT2D eigenvalue weighted by Crippen LogP contribution is -2.20. The summed E-state index contributed by atoms with van der Waals surface area (Å²) < 4.78 is 4.69. The Morgan fingerprint density at radius 2 is 2.00 bits per heavy atom. The van der Waals surface area contributed by atoms with Gasteiger partial charge in [-0.15, -0.1) is 0 Å².